The molecule has 2 aromatic heterocycles. The Morgan fingerprint density at radius 3 is 2.70 bits per heavy atom. The minimum absolute atomic E-state index is 0.321. The molecule has 8 heteroatoms. The van der Waals surface area contributed by atoms with E-state index in [0.29, 0.717) is 11.2 Å². The van der Waals surface area contributed by atoms with Crippen molar-refractivity contribution in [1.82, 2.24) is 30.2 Å². The van der Waals surface area contributed by atoms with Crippen LogP contribution in [0.1, 0.15) is 31.1 Å². The second-order valence-corrected chi connectivity index (χ2v) is 7.42. The molecule has 2 aromatic carbocycles. The predicted octanol–water partition coefficient (Wildman–Crippen LogP) is 3.62. The summed E-state index contributed by atoms with van der Waals surface area (Å²) in [7, 11) is 0. The number of fused-ring (bicyclic) bond motifs is 4. The lowest BCUT2D eigenvalue weighted by Gasteiger charge is -2.35. The summed E-state index contributed by atoms with van der Waals surface area (Å²) in [4.78, 5) is 0. The first-order valence-corrected chi connectivity index (χ1v) is 8.73. The third-order valence-electron chi connectivity index (χ3n) is 5.20. The number of nitrogens with one attached hydrogen (secondary N) is 2. The summed E-state index contributed by atoms with van der Waals surface area (Å²) in [5, 5.41) is 22.8. The summed E-state index contributed by atoms with van der Waals surface area (Å²) in [5.74, 6) is 1.16. The number of nitrogens with zero attached hydrogens (tertiary/aromatic N) is 5. The van der Waals surface area contributed by atoms with Gasteiger partial charge in [0.1, 0.15) is 17.2 Å². The van der Waals surface area contributed by atoms with Crippen molar-refractivity contribution in [3.05, 3.63) is 47.3 Å². The van der Waals surface area contributed by atoms with Gasteiger partial charge in [-0.1, -0.05) is 17.3 Å². The van der Waals surface area contributed by atoms with E-state index in [9.17, 15) is 0 Å². The number of aromatic amines is 1. The van der Waals surface area contributed by atoms with Gasteiger partial charge in [-0.05, 0) is 51.0 Å². The van der Waals surface area contributed by atoms with Crippen LogP contribution in [0.3, 0.4) is 0 Å². The van der Waals surface area contributed by atoms with E-state index in [1.165, 1.54) is 0 Å². The molecule has 0 aliphatic carbocycles. The minimum Gasteiger partial charge on any atom is -0.369 e. The predicted molar refractivity (Wildman–Crippen MR) is 100 cm³/mol. The second kappa shape index (κ2) is 5.12. The summed E-state index contributed by atoms with van der Waals surface area (Å²) in [6, 6.07) is 7.30. The van der Waals surface area contributed by atoms with Crippen LogP contribution < -0.4 is 5.32 Å². The molecule has 0 bridgehead atoms. The van der Waals surface area contributed by atoms with E-state index in [1.54, 1.807) is 6.07 Å². The molecule has 0 unspecified atom stereocenters. The van der Waals surface area contributed by atoms with Crippen LogP contribution in [0.2, 0.25) is 0 Å². The molecule has 0 atom stereocenters. The molecule has 3 heterocycles. The Morgan fingerprint density at radius 2 is 1.89 bits per heavy atom. The molecular formula is C19H18FN7. The normalized spacial score (nSPS) is 14.7. The Balaban J connectivity index is 1.87. The summed E-state index contributed by atoms with van der Waals surface area (Å²) in [6.07, 6.45) is 0. The van der Waals surface area contributed by atoms with Crippen molar-refractivity contribution in [2.45, 2.75) is 33.2 Å². The van der Waals surface area contributed by atoms with E-state index >= 15 is 4.39 Å². The molecular weight excluding hydrogens is 345 g/mol. The molecule has 1 aliphatic heterocycles. The van der Waals surface area contributed by atoms with Gasteiger partial charge in [-0.15, -0.1) is 15.3 Å². The SMILES string of the molecule is Cc1c(-c2cccc3[nH]nnc23)cc(F)c2c1-n1c(C)nnc1C(C)(C)N2. The van der Waals surface area contributed by atoms with Gasteiger partial charge in [0, 0.05) is 5.56 Å². The standard InChI is InChI=1S/C19H18FN7/c1-9-12(11-6-5-7-14-15(11)24-26-23-14)8-13(20)16-17(9)27-10(2)22-25-18(27)19(3,4)21-16/h5-8,21H,1-4H3,(H,23,24,26). The highest BCUT2D eigenvalue weighted by molar-refractivity contribution is 5.94. The van der Waals surface area contributed by atoms with Crippen LogP contribution in [0, 0.1) is 19.7 Å². The summed E-state index contributed by atoms with van der Waals surface area (Å²) in [5.41, 5.74) is 4.72. The number of H-pyrrole nitrogens is 1. The van der Waals surface area contributed by atoms with Crippen LogP contribution in [-0.4, -0.2) is 30.2 Å². The fourth-order valence-electron chi connectivity index (χ4n) is 3.90. The van der Waals surface area contributed by atoms with E-state index in [-0.39, 0.29) is 5.82 Å². The molecule has 0 saturated heterocycles. The second-order valence-electron chi connectivity index (χ2n) is 7.42. The number of hydrogen-bond acceptors (Lipinski definition) is 5. The first kappa shape index (κ1) is 15.9. The third kappa shape index (κ3) is 2.06. The van der Waals surface area contributed by atoms with Crippen LogP contribution in [-0.2, 0) is 5.54 Å². The molecule has 7 nitrogen and oxygen atoms in total. The van der Waals surface area contributed by atoms with Crippen LogP contribution in [0.25, 0.3) is 27.8 Å². The lowest BCUT2D eigenvalue weighted by Crippen LogP contribution is -2.37. The third-order valence-corrected chi connectivity index (χ3v) is 5.20. The zero-order valence-electron chi connectivity index (χ0n) is 15.4. The van der Waals surface area contributed by atoms with E-state index in [1.807, 2.05) is 50.5 Å². The van der Waals surface area contributed by atoms with Crippen molar-refractivity contribution in [3.8, 4) is 16.8 Å². The van der Waals surface area contributed by atoms with Crippen LogP contribution in [0.4, 0.5) is 10.1 Å². The van der Waals surface area contributed by atoms with Gasteiger partial charge in [-0.25, -0.2) is 4.39 Å². The fraction of sp³-hybridized carbons (Fsp3) is 0.263. The Bertz CT molecular complexity index is 1220. The van der Waals surface area contributed by atoms with Gasteiger partial charge in [0.2, 0.25) is 0 Å². The van der Waals surface area contributed by atoms with Gasteiger partial charge in [0.05, 0.1) is 22.4 Å². The van der Waals surface area contributed by atoms with Crippen molar-refractivity contribution >= 4 is 16.7 Å². The molecule has 136 valence electrons. The number of rotatable bonds is 1. The van der Waals surface area contributed by atoms with Crippen LogP contribution in [0.15, 0.2) is 24.3 Å². The van der Waals surface area contributed by atoms with Gasteiger partial charge in [0.15, 0.2) is 5.82 Å². The minimum atomic E-state index is -0.533. The first-order valence-electron chi connectivity index (χ1n) is 8.73. The largest absolute Gasteiger partial charge is 0.369 e. The van der Waals surface area contributed by atoms with E-state index < -0.39 is 5.54 Å². The van der Waals surface area contributed by atoms with Gasteiger partial charge in [-0.3, -0.25) is 9.67 Å². The maximum atomic E-state index is 15.2. The topological polar surface area (TPSA) is 84.3 Å². The number of aryl methyl sites for hydroxylation is 1. The molecule has 2 N–H and O–H groups in total. The quantitative estimate of drug-likeness (QED) is 0.540. The van der Waals surface area contributed by atoms with Gasteiger partial charge in [0.25, 0.3) is 0 Å². The van der Waals surface area contributed by atoms with Crippen LogP contribution in [0.5, 0.6) is 0 Å². The van der Waals surface area contributed by atoms with E-state index in [0.717, 1.165) is 39.5 Å². The van der Waals surface area contributed by atoms with Gasteiger partial charge >= 0.3 is 0 Å². The molecule has 0 amide bonds. The maximum absolute atomic E-state index is 15.2. The van der Waals surface area contributed by atoms with E-state index in [2.05, 4.69) is 30.9 Å². The molecule has 0 fully saturated rings. The Hall–Kier alpha value is -3.29. The van der Waals surface area contributed by atoms with Crippen molar-refractivity contribution < 1.29 is 4.39 Å². The highest BCUT2D eigenvalue weighted by Gasteiger charge is 2.37. The highest BCUT2D eigenvalue weighted by atomic mass is 19.1. The molecule has 0 radical (unpaired) electrons. The summed E-state index contributed by atoms with van der Waals surface area (Å²) in [6.45, 7) is 7.79. The van der Waals surface area contributed by atoms with E-state index in [4.69, 9.17) is 0 Å². The van der Waals surface area contributed by atoms with Crippen molar-refractivity contribution in [3.63, 3.8) is 0 Å². The molecule has 0 saturated carbocycles. The first-order chi connectivity index (χ1) is 12.9. The molecule has 1 aliphatic rings. The van der Waals surface area contributed by atoms with Gasteiger partial charge in [-0.2, -0.15) is 0 Å². The number of aromatic nitrogens is 6. The summed E-state index contributed by atoms with van der Waals surface area (Å²) < 4.78 is 17.2. The Labute approximate surface area is 154 Å². The molecule has 5 rings (SSSR count). The molecule has 0 spiro atoms. The number of anilines is 1. The monoisotopic (exact) mass is 363 g/mol. The lowest BCUT2D eigenvalue weighted by molar-refractivity contribution is 0.521. The highest BCUT2D eigenvalue weighted by Crippen LogP contribution is 2.43. The summed E-state index contributed by atoms with van der Waals surface area (Å²) >= 11 is 0. The number of benzene rings is 2. The van der Waals surface area contributed by atoms with Gasteiger partial charge < -0.3 is 5.32 Å². The van der Waals surface area contributed by atoms with Crippen molar-refractivity contribution in [2.75, 3.05) is 5.32 Å². The Morgan fingerprint density at radius 1 is 1.07 bits per heavy atom. The number of hydrogen-bond donors (Lipinski definition) is 2. The zero-order valence-corrected chi connectivity index (χ0v) is 15.4. The molecule has 4 aromatic rings. The average Bonchev–Trinajstić information content (AvgIpc) is 3.25. The average molecular weight is 363 g/mol. The maximum Gasteiger partial charge on any atom is 0.162 e. The smallest absolute Gasteiger partial charge is 0.162 e. The van der Waals surface area contributed by atoms with Crippen molar-refractivity contribution in [2.24, 2.45) is 0 Å². The lowest BCUT2D eigenvalue weighted by atomic mass is 9.93. The van der Waals surface area contributed by atoms with Crippen molar-refractivity contribution in [1.29, 1.82) is 0 Å². The number of halogens is 1. The fourth-order valence-corrected chi connectivity index (χ4v) is 3.90. The van der Waals surface area contributed by atoms with Crippen LogP contribution >= 0.6 is 0 Å². The molecule has 27 heavy (non-hydrogen) atoms. The Kier molecular flexibility index (Phi) is 3.02. The zero-order chi connectivity index (χ0) is 18.9.